The SMILES string of the molecule is CCOCC(C)(O)c1ccnn1CCCOC. The Kier molecular flexibility index (Phi) is 5.61. The Hall–Kier alpha value is -0.910. The second kappa shape index (κ2) is 6.74. The molecule has 1 aromatic rings. The van der Waals surface area contributed by atoms with Crippen molar-refractivity contribution in [3.05, 3.63) is 18.0 Å². The lowest BCUT2D eigenvalue weighted by Gasteiger charge is -2.24. The van der Waals surface area contributed by atoms with Crippen molar-refractivity contribution in [2.45, 2.75) is 32.4 Å². The lowest BCUT2D eigenvalue weighted by atomic mass is 10.0. The van der Waals surface area contributed by atoms with Crippen molar-refractivity contribution in [3.8, 4) is 0 Å². The van der Waals surface area contributed by atoms with Crippen molar-refractivity contribution in [3.63, 3.8) is 0 Å². The molecule has 1 atom stereocenters. The number of ether oxygens (including phenoxy) is 2. The zero-order chi connectivity index (χ0) is 12.7. The number of hydrogen-bond acceptors (Lipinski definition) is 4. The molecule has 0 aromatic carbocycles. The summed E-state index contributed by atoms with van der Waals surface area (Å²) in [6.45, 7) is 5.94. The van der Waals surface area contributed by atoms with Crippen LogP contribution in [-0.2, 0) is 21.6 Å². The van der Waals surface area contributed by atoms with E-state index in [-0.39, 0.29) is 6.61 Å². The molecule has 0 aliphatic heterocycles. The summed E-state index contributed by atoms with van der Waals surface area (Å²) in [6, 6.07) is 1.83. The van der Waals surface area contributed by atoms with Crippen LogP contribution in [0.25, 0.3) is 0 Å². The van der Waals surface area contributed by atoms with E-state index in [1.165, 1.54) is 0 Å². The zero-order valence-electron chi connectivity index (χ0n) is 10.8. The minimum absolute atomic E-state index is 0.277. The maximum atomic E-state index is 10.3. The minimum Gasteiger partial charge on any atom is -0.385 e. The Bertz CT molecular complexity index is 323. The topological polar surface area (TPSA) is 56.5 Å². The molecule has 1 aromatic heterocycles. The highest BCUT2D eigenvalue weighted by atomic mass is 16.5. The summed E-state index contributed by atoms with van der Waals surface area (Å²) in [7, 11) is 1.68. The van der Waals surface area contributed by atoms with Gasteiger partial charge in [0.2, 0.25) is 0 Å². The van der Waals surface area contributed by atoms with Gasteiger partial charge in [-0.05, 0) is 26.3 Å². The molecule has 0 bridgehead atoms. The van der Waals surface area contributed by atoms with Crippen LogP contribution in [0.15, 0.2) is 12.3 Å². The number of nitrogens with zero attached hydrogens (tertiary/aromatic N) is 2. The fourth-order valence-electron chi connectivity index (χ4n) is 1.70. The summed E-state index contributed by atoms with van der Waals surface area (Å²) in [5.41, 5.74) is -0.221. The van der Waals surface area contributed by atoms with Gasteiger partial charge in [0, 0.05) is 33.1 Å². The molecule has 0 saturated heterocycles. The van der Waals surface area contributed by atoms with Crippen LogP contribution in [-0.4, -0.2) is 41.8 Å². The number of methoxy groups -OCH3 is 1. The van der Waals surface area contributed by atoms with Crippen molar-refractivity contribution < 1.29 is 14.6 Å². The van der Waals surface area contributed by atoms with E-state index < -0.39 is 5.60 Å². The highest BCUT2D eigenvalue weighted by Crippen LogP contribution is 2.20. The Morgan fingerprint density at radius 3 is 2.94 bits per heavy atom. The van der Waals surface area contributed by atoms with Crippen molar-refractivity contribution in [1.29, 1.82) is 0 Å². The first-order valence-corrected chi connectivity index (χ1v) is 5.93. The molecule has 0 aliphatic rings. The number of aromatic nitrogens is 2. The van der Waals surface area contributed by atoms with Crippen LogP contribution < -0.4 is 0 Å². The van der Waals surface area contributed by atoms with E-state index in [0.29, 0.717) is 13.2 Å². The molecule has 0 fully saturated rings. The summed E-state index contributed by atoms with van der Waals surface area (Å²) < 4.78 is 12.1. The van der Waals surface area contributed by atoms with Gasteiger partial charge in [-0.3, -0.25) is 4.68 Å². The molecule has 5 nitrogen and oxygen atoms in total. The first-order valence-electron chi connectivity index (χ1n) is 5.93. The predicted octanol–water partition coefficient (Wildman–Crippen LogP) is 1.16. The highest BCUT2D eigenvalue weighted by Gasteiger charge is 2.27. The second-order valence-electron chi connectivity index (χ2n) is 4.20. The van der Waals surface area contributed by atoms with E-state index in [1.807, 2.05) is 13.0 Å². The molecule has 98 valence electrons. The molecule has 5 heteroatoms. The Morgan fingerprint density at radius 2 is 2.29 bits per heavy atom. The van der Waals surface area contributed by atoms with Crippen molar-refractivity contribution in [1.82, 2.24) is 9.78 Å². The third-order valence-electron chi connectivity index (χ3n) is 2.57. The molecular weight excluding hydrogens is 220 g/mol. The van der Waals surface area contributed by atoms with Gasteiger partial charge in [-0.15, -0.1) is 0 Å². The van der Waals surface area contributed by atoms with Crippen LogP contribution in [0.3, 0.4) is 0 Å². The molecule has 17 heavy (non-hydrogen) atoms. The first kappa shape index (κ1) is 14.2. The van der Waals surface area contributed by atoms with Gasteiger partial charge in [-0.2, -0.15) is 5.10 Å². The average Bonchev–Trinajstić information content (AvgIpc) is 2.76. The van der Waals surface area contributed by atoms with Crippen LogP contribution in [0.1, 0.15) is 26.0 Å². The third-order valence-corrected chi connectivity index (χ3v) is 2.57. The minimum atomic E-state index is -1.00. The second-order valence-corrected chi connectivity index (χ2v) is 4.20. The van der Waals surface area contributed by atoms with Crippen LogP contribution in [0.5, 0.6) is 0 Å². The molecule has 0 radical (unpaired) electrons. The van der Waals surface area contributed by atoms with E-state index in [4.69, 9.17) is 9.47 Å². The Morgan fingerprint density at radius 1 is 1.53 bits per heavy atom. The van der Waals surface area contributed by atoms with Crippen molar-refractivity contribution in [2.75, 3.05) is 26.9 Å². The van der Waals surface area contributed by atoms with Crippen molar-refractivity contribution >= 4 is 0 Å². The molecular formula is C12H22N2O3. The van der Waals surface area contributed by atoms with Crippen LogP contribution in [0.2, 0.25) is 0 Å². The Labute approximate surface area is 102 Å². The molecule has 1 N–H and O–H groups in total. The highest BCUT2D eigenvalue weighted by molar-refractivity contribution is 5.10. The van der Waals surface area contributed by atoms with Gasteiger partial charge in [0.05, 0.1) is 12.3 Å². The number of hydrogen-bond donors (Lipinski definition) is 1. The average molecular weight is 242 g/mol. The lowest BCUT2D eigenvalue weighted by molar-refractivity contribution is -0.0402. The van der Waals surface area contributed by atoms with E-state index >= 15 is 0 Å². The van der Waals surface area contributed by atoms with Gasteiger partial charge in [0.25, 0.3) is 0 Å². The summed E-state index contributed by atoms with van der Waals surface area (Å²) in [5, 5.41) is 14.5. The Balaban J connectivity index is 2.65. The number of aliphatic hydroxyl groups is 1. The van der Waals surface area contributed by atoms with Gasteiger partial charge in [-0.25, -0.2) is 0 Å². The predicted molar refractivity (Wildman–Crippen MR) is 64.8 cm³/mol. The van der Waals surface area contributed by atoms with Crippen LogP contribution >= 0.6 is 0 Å². The van der Waals surface area contributed by atoms with E-state index in [1.54, 1.807) is 24.9 Å². The quantitative estimate of drug-likeness (QED) is 0.695. The van der Waals surface area contributed by atoms with E-state index in [0.717, 1.165) is 18.7 Å². The fourth-order valence-corrected chi connectivity index (χ4v) is 1.70. The van der Waals surface area contributed by atoms with Crippen LogP contribution in [0.4, 0.5) is 0 Å². The summed E-state index contributed by atoms with van der Waals surface area (Å²) in [4.78, 5) is 0. The number of rotatable bonds is 8. The standard InChI is InChI=1S/C12H22N2O3/c1-4-17-10-12(2,15)11-6-7-13-14(11)8-5-9-16-3/h6-7,15H,4-5,8-10H2,1-3H3. The molecule has 0 amide bonds. The largest absolute Gasteiger partial charge is 0.385 e. The molecule has 0 spiro atoms. The normalized spacial score (nSPS) is 14.8. The van der Waals surface area contributed by atoms with Gasteiger partial charge in [0.15, 0.2) is 0 Å². The van der Waals surface area contributed by atoms with Crippen molar-refractivity contribution in [2.24, 2.45) is 0 Å². The maximum absolute atomic E-state index is 10.3. The smallest absolute Gasteiger partial charge is 0.127 e. The third kappa shape index (κ3) is 4.11. The van der Waals surface area contributed by atoms with E-state index in [2.05, 4.69) is 5.10 Å². The summed E-state index contributed by atoms with van der Waals surface area (Å²) >= 11 is 0. The summed E-state index contributed by atoms with van der Waals surface area (Å²) in [6.07, 6.45) is 2.57. The monoisotopic (exact) mass is 242 g/mol. The summed E-state index contributed by atoms with van der Waals surface area (Å²) in [5.74, 6) is 0. The van der Waals surface area contributed by atoms with Gasteiger partial charge < -0.3 is 14.6 Å². The van der Waals surface area contributed by atoms with E-state index in [9.17, 15) is 5.11 Å². The van der Waals surface area contributed by atoms with Gasteiger partial charge >= 0.3 is 0 Å². The zero-order valence-corrected chi connectivity index (χ0v) is 10.8. The van der Waals surface area contributed by atoms with Crippen LogP contribution in [0, 0.1) is 0 Å². The fraction of sp³-hybridized carbons (Fsp3) is 0.750. The molecule has 0 aliphatic carbocycles. The molecule has 1 rings (SSSR count). The lowest BCUT2D eigenvalue weighted by Crippen LogP contribution is -2.31. The first-order chi connectivity index (χ1) is 8.11. The molecule has 1 heterocycles. The van der Waals surface area contributed by atoms with Gasteiger partial charge in [-0.1, -0.05) is 0 Å². The van der Waals surface area contributed by atoms with Gasteiger partial charge in [0.1, 0.15) is 5.60 Å². The molecule has 1 unspecified atom stereocenters. The number of aryl methyl sites for hydroxylation is 1. The molecule has 0 saturated carbocycles. The maximum Gasteiger partial charge on any atom is 0.127 e.